The molecule has 2 N–H and O–H groups in total. The van der Waals surface area contributed by atoms with E-state index in [0.29, 0.717) is 41.3 Å². The first-order valence-electron chi connectivity index (χ1n) is 12.4. The number of fused-ring (bicyclic) bond motifs is 3. The molecule has 2 aliphatic heterocycles. The summed E-state index contributed by atoms with van der Waals surface area (Å²) in [6, 6.07) is 10.2. The summed E-state index contributed by atoms with van der Waals surface area (Å²) in [4.78, 5) is 13.6. The van der Waals surface area contributed by atoms with Crippen LogP contribution in [0.25, 0.3) is 11.1 Å². The van der Waals surface area contributed by atoms with Crippen LogP contribution in [0.1, 0.15) is 62.4 Å². The zero-order valence-electron chi connectivity index (χ0n) is 19.8. The maximum Gasteiger partial charge on any atom is 0.198 e. The zero-order chi connectivity index (χ0) is 22.9. The standard InChI is InChI=1S/C27H34N2O4/c1-4-31-21-12-13-23(33-17(3)20-10-7-15-29-20)26-25(21)24-18(27(26)30)8-5-11-22(24)32-16(2)19-9-6-14-28-19/h5,8,11-13,16-17,19-20,28-29H,4,6-7,9-10,14-15H2,1-3H3. The Morgan fingerprint density at radius 1 is 0.848 bits per heavy atom. The minimum atomic E-state index is -0.0322. The quantitative estimate of drug-likeness (QED) is 0.532. The Morgan fingerprint density at radius 2 is 1.45 bits per heavy atom. The smallest absolute Gasteiger partial charge is 0.198 e. The second-order valence-corrected chi connectivity index (χ2v) is 9.30. The molecule has 176 valence electrons. The number of ether oxygens (including phenoxy) is 3. The van der Waals surface area contributed by atoms with E-state index in [1.807, 2.05) is 37.3 Å². The largest absolute Gasteiger partial charge is 0.493 e. The topological polar surface area (TPSA) is 68.8 Å². The van der Waals surface area contributed by atoms with Gasteiger partial charge in [0.05, 0.1) is 12.2 Å². The van der Waals surface area contributed by atoms with E-state index < -0.39 is 0 Å². The number of hydrogen-bond acceptors (Lipinski definition) is 6. The van der Waals surface area contributed by atoms with Crippen molar-refractivity contribution < 1.29 is 19.0 Å². The Labute approximate surface area is 196 Å². The Kier molecular flexibility index (Phi) is 6.30. The molecule has 1 aliphatic carbocycles. The van der Waals surface area contributed by atoms with E-state index in [1.54, 1.807) is 0 Å². The van der Waals surface area contributed by atoms with Gasteiger partial charge in [0, 0.05) is 28.8 Å². The summed E-state index contributed by atoms with van der Waals surface area (Å²) in [5.41, 5.74) is 2.85. The predicted molar refractivity (Wildman–Crippen MR) is 129 cm³/mol. The van der Waals surface area contributed by atoms with Gasteiger partial charge in [-0.25, -0.2) is 0 Å². The van der Waals surface area contributed by atoms with Crippen molar-refractivity contribution >= 4 is 5.78 Å². The lowest BCUT2D eigenvalue weighted by Gasteiger charge is -2.24. The summed E-state index contributed by atoms with van der Waals surface area (Å²) in [6.07, 6.45) is 4.46. The van der Waals surface area contributed by atoms with Crippen LogP contribution in [0.3, 0.4) is 0 Å². The third-order valence-corrected chi connectivity index (χ3v) is 7.13. The van der Waals surface area contributed by atoms with Gasteiger partial charge in [0.1, 0.15) is 29.5 Å². The molecular formula is C27H34N2O4. The van der Waals surface area contributed by atoms with Gasteiger partial charge in [-0.15, -0.1) is 0 Å². The molecular weight excluding hydrogens is 416 g/mol. The molecule has 0 saturated carbocycles. The van der Waals surface area contributed by atoms with Gasteiger partial charge in [0.2, 0.25) is 0 Å². The SMILES string of the molecule is CCOc1ccc(OC(C)C2CCCN2)c2c1-c1c(OC(C)C3CCCN3)cccc1C2=O. The molecule has 6 heteroatoms. The molecule has 2 aromatic rings. The first-order chi connectivity index (χ1) is 16.1. The minimum absolute atomic E-state index is 0.00147. The summed E-state index contributed by atoms with van der Waals surface area (Å²) in [7, 11) is 0. The zero-order valence-corrected chi connectivity index (χ0v) is 19.8. The predicted octanol–water partition coefficient (Wildman–Crippen LogP) is 4.34. The molecule has 0 spiro atoms. The van der Waals surface area contributed by atoms with Crippen molar-refractivity contribution in [3.63, 3.8) is 0 Å². The lowest BCUT2D eigenvalue weighted by atomic mass is 10.0. The molecule has 0 aromatic heterocycles. The van der Waals surface area contributed by atoms with Gasteiger partial charge < -0.3 is 24.8 Å². The van der Waals surface area contributed by atoms with Crippen LogP contribution in [-0.2, 0) is 0 Å². The Balaban J connectivity index is 1.54. The number of carbonyl (C=O) groups is 1. The Hall–Kier alpha value is -2.57. The van der Waals surface area contributed by atoms with Crippen LogP contribution >= 0.6 is 0 Å². The molecule has 2 fully saturated rings. The van der Waals surface area contributed by atoms with Crippen molar-refractivity contribution in [3.8, 4) is 28.4 Å². The second kappa shape index (κ2) is 9.35. The number of hydrogen-bond donors (Lipinski definition) is 2. The third kappa shape index (κ3) is 4.11. The molecule has 2 saturated heterocycles. The molecule has 5 rings (SSSR count). The molecule has 0 bridgehead atoms. The van der Waals surface area contributed by atoms with Crippen LogP contribution in [-0.4, -0.2) is 49.8 Å². The van der Waals surface area contributed by atoms with Crippen LogP contribution in [0.4, 0.5) is 0 Å². The molecule has 2 aromatic carbocycles. The van der Waals surface area contributed by atoms with E-state index in [1.165, 1.54) is 0 Å². The fourth-order valence-corrected chi connectivity index (χ4v) is 5.41. The first-order valence-corrected chi connectivity index (χ1v) is 12.4. The van der Waals surface area contributed by atoms with Crippen LogP contribution in [0, 0.1) is 0 Å². The summed E-state index contributed by atoms with van der Waals surface area (Å²) < 4.78 is 18.8. The normalized spacial score (nSPS) is 23.2. The molecule has 0 amide bonds. The average molecular weight is 451 g/mol. The van der Waals surface area contributed by atoms with E-state index in [4.69, 9.17) is 14.2 Å². The summed E-state index contributed by atoms with van der Waals surface area (Å²) in [5, 5.41) is 7.02. The van der Waals surface area contributed by atoms with Gasteiger partial charge in [-0.3, -0.25) is 4.79 Å². The monoisotopic (exact) mass is 450 g/mol. The van der Waals surface area contributed by atoms with Gasteiger partial charge in [0.25, 0.3) is 0 Å². The van der Waals surface area contributed by atoms with Crippen LogP contribution in [0.2, 0.25) is 0 Å². The van der Waals surface area contributed by atoms with Gasteiger partial charge in [-0.05, 0) is 77.7 Å². The van der Waals surface area contributed by atoms with E-state index in [0.717, 1.165) is 55.6 Å². The minimum Gasteiger partial charge on any atom is -0.493 e. The molecule has 4 unspecified atom stereocenters. The van der Waals surface area contributed by atoms with Gasteiger partial charge >= 0.3 is 0 Å². The fraction of sp³-hybridized carbons (Fsp3) is 0.519. The molecule has 6 nitrogen and oxygen atoms in total. The van der Waals surface area contributed by atoms with E-state index >= 15 is 0 Å². The van der Waals surface area contributed by atoms with Crippen molar-refractivity contribution in [2.45, 2.75) is 70.7 Å². The van der Waals surface area contributed by atoms with Gasteiger partial charge in [-0.1, -0.05) is 12.1 Å². The van der Waals surface area contributed by atoms with Crippen molar-refractivity contribution in [1.29, 1.82) is 0 Å². The fourth-order valence-electron chi connectivity index (χ4n) is 5.41. The molecule has 4 atom stereocenters. The number of benzene rings is 2. The van der Waals surface area contributed by atoms with E-state index in [-0.39, 0.29) is 18.0 Å². The van der Waals surface area contributed by atoms with Gasteiger partial charge in [0.15, 0.2) is 5.78 Å². The van der Waals surface area contributed by atoms with Crippen LogP contribution in [0.15, 0.2) is 30.3 Å². The third-order valence-electron chi connectivity index (χ3n) is 7.13. The van der Waals surface area contributed by atoms with Crippen molar-refractivity contribution in [3.05, 3.63) is 41.5 Å². The Morgan fingerprint density at radius 3 is 2.03 bits per heavy atom. The summed E-state index contributed by atoms with van der Waals surface area (Å²) in [6.45, 7) is 8.68. The first kappa shape index (κ1) is 22.2. The van der Waals surface area contributed by atoms with Crippen molar-refractivity contribution in [2.24, 2.45) is 0 Å². The number of carbonyl (C=O) groups excluding carboxylic acids is 1. The number of rotatable bonds is 8. The Bertz CT molecular complexity index is 1030. The van der Waals surface area contributed by atoms with Crippen molar-refractivity contribution in [2.75, 3.05) is 19.7 Å². The summed E-state index contributed by atoms with van der Waals surface area (Å²) >= 11 is 0. The number of nitrogens with one attached hydrogen (secondary N) is 2. The highest BCUT2D eigenvalue weighted by Crippen LogP contribution is 2.51. The van der Waals surface area contributed by atoms with E-state index in [9.17, 15) is 4.79 Å². The lowest BCUT2D eigenvalue weighted by molar-refractivity contribution is 0.103. The molecule has 0 radical (unpaired) electrons. The second-order valence-electron chi connectivity index (χ2n) is 9.30. The molecule has 2 heterocycles. The highest BCUT2D eigenvalue weighted by atomic mass is 16.5. The lowest BCUT2D eigenvalue weighted by Crippen LogP contribution is -2.36. The highest BCUT2D eigenvalue weighted by Gasteiger charge is 2.37. The van der Waals surface area contributed by atoms with Crippen LogP contribution < -0.4 is 24.8 Å². The van der Waals surface area contributed by atoms with E-state index in [2.05, 4.69) is 24.5 Å². The maximum atomic E-state index is 13.6. The molecule has 3 aliphatic rings. The average Bonchev–Trinajstić information content (AvgIpc) is 3.58. The van der Waals surface area contributed by atoms with Gasteiger partial charge in [-0.2, -0.15) is 0 Å². The van der Waals surface area contributed by atoms with Crippen molar-refractivity contribution in [1.82, 2.24) is 10.6 Å². The maximum absolute atomic E-state index is 13.6. The number of ketones is 1. The van der Waals surface area contributed by atoms with Crippen LogP contribution in [0.5, 0.6) is 17.2 Å². The molecule has 33 heavy (non-hydrogen) atoms. The highest BCUT2D eigenvalue weighted by molar-refractivity contribution is 6.25. The summed E-state index contributed by atoms with van der Waals surface area (Å²) in [5.74, 6) is 2.01.